The summed E-state index contributed by atoms with van der Waals surface area (Å²) >= 11 is 0. The van der Waals surface area contributed by atoms with Gasteiger partial charge in [0.2, 0.25) is 0 Å². The first-order valence-electron chi connectivity index (χ1n) is 4.62. The summed E-state index contributed by atoms with van der Waals surface area (Å²) in [5, 5.41) is 0. The molecule has 58 valence electrons. The Balaban J connectivity index is 2.12. The van der Waals surface area contributed by atoms with Crippen LogP contribution in [0.4, 0.5) is 0 Å². The van der Waals surface area contributed by atoms with E-state index in [9.17, 15) is 0 Å². The molecule has 0 heteroatoms. The maximum Gasteiger partial charge on any atom is -0.0295 e. The Kier molecular flexibility index (Phi) is 1.19. The van der Waals surface area contributed by atoms with Crippen molar-refractivity contribution in [1.29, 1.82) is 0 Å². The van der Waals surface area contributed by atoms with E-state index in [1.54, 1.807) is 0 Å². The van der Waals surface area contributed by atoms with Gasteiger partial charge in [0.1, 0.15) is 0 Å². The van der Waals surface area contributed by atoms with Gasteiger partial charge in [0.25, 0.3) is 0 Å². The average Bonchev–Trinajstić information content (AvgIpc) is 1.76. The van der Waals surface area contributed by atoms with Crippen molar-refractivity contribution in [3.63, 3.8) is 0 Å². The molecule has 0 spiro atoms. The maximum absolute atomic E-state index is 2.47. The predicted octanol–water partition coefficient (Wildman–Crippen LogP) is 3.08. The molecule has 0 N–H and O–H groups in total. The number of fused-ring (bicyclic) bond motifs is 2. The Morgan fingerprint density at radius 2 is 1.80 bits per heavy atom. The summed E-state index contributed by atoms with van der Waals surface area (Å²) in [6.07, 6.45) is 4.53. The van der Waals surface area contributed by atoms with Crippen molar-refractivity contribution in [3.8, 4) is 0 Å². The highest BCUT2D eigenvalue weighted by molar-refractivity contribution is 5.00. The first-order valence-corrected chi connectivity index (χ1v) is 4.62. The summed E-state index contributed by atoms with van der Waals surface area (Å²) in [7, 11) is 0. The summed E-state index contributed by atoms with van der Waals surface area (Å²) in [6.45, 7) is 7.34. The predicted molar refractivity (Wildman–Crippen MR) is 43.8 cm³/mol. The second kappa shape index (κ2) is 1.78. The summed E-state index contributed by atoms with van der Waals surface area (Å²) in [6, 6.07) is 0. The van der Waals surface area contributed by atoms with Crippen molar-refractivity contribution in [1.82, 2.24) is 0 Å². The lowest BCUT2D eigenvalue weighted by Crippen LogP contribution is -2.48. The van der Waals surface area contributed by atoms with Crippen LogP contribution in [0.1, 0.15) is 40.0 Å². The van der Waals surface area contributed by atoms with Crippen LogP contribution in [0.15, 0.2) is 0 Å². The zero-order valence-corrected chi connectivity index (χ0v) is 7.35. The summed E-state index contributed by atoms with van der Waals surface area (Å²) in [4.78, 5) is 0. The Hall–Kier alpha value is 0. The molecule has 0 nitrogen and oxygen atoms in total. The quantitative estimate of drug-likeness (QED) is 0.482. The second-order valence-electron chi connectivity index (χ2n) is 4.94. The lowest BCUT2D eigenvalue weighted by atomic mass is 9.48. The van der Waals surface area contributed by atoms with Crippen molar-refractivity contribution in [2.24, 2.45) is 23.2 Å². The fourth-order valence-electron chi connectivity index (χ4n) is 2.98. The molecular weight excluding hydrogens is 120 g/mol. The minimum Gasteiger partial charge on any atom is -0.0622 e. The second-order valence-corrected chi connectivity index (χ2v) is 4.94. The standard InChI is InChI=1S/C10H18/c1-7-4-8(2)10(3)5-9(7)6-10/h7-9H,4-6H2,1-3H3. The van der Waals surface area contributed by atoms with E-state index < -0.39 is 0 Å². The molecule has 0 aromatic rings. The fourth-order valence-corrected chi connectivity index (χ4v) is 2.98. The molecule has 0 heterocycles. The van der Waals surface area contributed by atoms with Gasteiger partial charge in [-0.1, -0.05) is 20.8 Å². The first kappa shape index (κ1) is 6.69. The molecular formula is C10H18. The zero-order chi connectivity index (χ0) is 7.35. The van der Waals surface area contributed by atoms with Crippen LogP contribution in [0.25, 0.3) is 0 Å². The van der Waals surface area contributed by atoms with Crippen LogP contribution in [0.3, 0.4) is 0 Å². The van der Waals surface area contributed by atoms with E-state index in [0.717, 1.165) is 23.2 Å². The van der Waals surface area contributed by atoms with Gasteiger partial charge in [-0.2, -0.15) is 0 Å². The van der Waals surface area contributed by atoms with Gasteiger partial charge in [0, 0.05) is 0 Å². The highest BCUT2D eigenvalue weighted by Gasteiger charge is 2.50. The lowest BCUT2D eigenvalue weighted by Gasteiger charge is -2.57. The van der Waals surface area contributed by atoms with E-state index in [1.165, 1.54) is 19.3 Å². The Morgan fingerprint density at radius 1 is 1.20 bits per heavy atom. The molecule has 3 aliphatic carbocycles. The van der Waals surface area contributed by atoms with Crippen LogP contribution >= 0.6 is 0 Å². The highest BCUT2D eigenvalue weighted by atomic mass is 14.6. The van der Waals surface area contributed by atoms with Crippen LogP contribution < -0.4 is 0 Å². The van der Waals surface area contributed by atoms with Gasteiger partial charge in [0.15, 0.2) is 0 Å². The SMILES string of the molecule is CC1CC(C)C2(C)CC1C2. The Bertz CT molecular complexity index is 139. The van der Waals surface area contributed by atoms with Crippen molar-refractivity contribution < 1.29 is 0 Å². The molecule has 0 saturated heterocycles. The smallest absolute Gasteiger partial charge is 0.0295 e. The molecule has 10 heavy (non-hydrogen) atoms. The molecule has 2 atom stereocenters. The molecule has 0 amide bonds. The van der Waals surface area contributed by atoms with E-state index in [2.05, 4.69) is 20.8 Å². The topological polar surface area (TPSA) is 0 Å². The third-order valence-electron chi connectivity index (χ3n) is 4.18. The monoisotopic (exact) mass is 138 g/mol. The van der Waals surface area contributed by atoms with Gasteiger partial charge in [-0.05, 0) is 42.4 Å². The number of rotatable bonds is 0. The molecule has 0 aliphatic heterocycles. The van der Waals surface area contributed by atoms with Gasteiger partial charge < -0.3 is 0 Å². The van der Waals surface area contributed by atoms with Crippen LogP contribution in [0, 0.1) is 23.2 Å². The van der Waals surface area contributed by atoms with Crippen LogP contribution in [-0.2, 0) is 0 Å². The summed E-state index contributed by atoms with van der Waals surface area (Å²) < 4.78 is 0. The average molecular weight is 138 g/mol. The van der Waals surface area contributed by atoms with E-state index in [4.69, 9.17) is 0 Å². The number of hydrogen-bond acceptors (Lipinski definition) is 0. The largest absolute Gasteiger partial charge is 0.0622 e. The normalized spacial score (nSPS) is 59.7. The van der Waals surface area contributed by atoms with Crippen LogP contribution in [0.5, 0.6) is 0 Å². The zero-order valence-electron chi connectivity index (χ0n) is 7.35. The van der Waals surface area contributed by atoms with Gasteiger partial charge >= 0.3 is 0 Å². The third-order valence-corrected chi connectivity index (χ3v) is 4.18. The molecule has 2 bridgehead atoms. The van der Waals surface area contributed by atoms with E-state index in [0.29, 0.717) is 0 Å². The van der Waals surface area contributed by atoms with Crippen molar-refractivity contribution >= 4 is 0 Å². The molecule has 0 radical (unpaired) electrons. The molecule has 3 saturated carbocycles. The van der Waals surface area contributed by atoms with Gasteiger partial charge in [-0.3, -0.25) is 0 Å². The third kappa shape index (κ3) is 0.681. The lowest BCUT2D eigenvalue weighted by molar-refractivity contribution is -0.0742. The van der Waals surface area contributed by atoms with E-state index in [-0.39, 0.29) is 0 Å². The maximum atomic E-state index is 2.47. The molecule has 3 rings (SSSR count). The van der Waals surface area contributed by atoms with Crippen LogP contribution in [-0.4, -0.2) is 0 Å². The van der Waals surface area contributed by atoms with Crippen molar-refractivity contribution in [3.05, 3.63) is 0 Å². The van der Waals surface area contributed by atoms with Gasteiger partial charge in [-0.15, -0.1) is 0 Å². The van der Waals surface area contributed by atoms with Crippen LogP contribution in [0.2, 0.25) is 0 Å². The molecule has 0 aromatic carbocycles. The molecule has 3 fully saturated rings. The van der Waals surface area contributed by atoms with E-state index in [1.807, 2.05) is 0 Å². The Morgan fingerprint density at radius 3 is 2.20 bits per heavy atom. The summed E-state index contributed by atoms with van der Waals surface area (Å²) in [5.74, 6) is 3.12. The fraction of sp³-hybridized carbons (Fsp3) is 1.00. The highest BCUT2D eigenvalue weighted by Crippen LogP contribution is 2.60. The molecule has 0 aromatic heterocycles. The van der Waals surface area contributed by atoms with E-state index >= 15 is 0 Å². The van der Waals surface area contributed by atoms with Gasteiger partial charge in [-0.25, -0.2) is 0 Å². The van der Waals surface area contributed by atoms with Gasteiger partial charge in [0.05, 0.1) is 0 Å². The molecule has 3 aliphatic rings. The minimum atomic E-state index is 0.761. The van der Waals surface area contributed by atoms with Crippen molar-refractivity contribution in [2.75, 3.05) is 0 Å². The minimum absolute atomic E-state index is 0.761. The van der Waals surface area contributed by atoms with Crippen molar-refractivity contribution in [2.45, 2.75) is 40.0 Å². The summed E-state index contributed by atoms with van der Waals surface area (Å²) in [5.41, 5.74) is 0.761. The Labute approximate surface area is 64.0 Å². The molecule has 2 unspecified atom stereocenters. The first-order chi connectivity index (χ1) is 4.62. The number of hydrogen-bond donors (Lipinski definition) is 0.